The van der Waals surface area contributed by atoms with Gasteiger partial charge in [-0.15, -0.1) is 0 Å². The number of nitrogens with one attached hydrogen (secondary N) is 1. The van der Waals surface area contributed by atoms with Crippen LogP contribution in [0.1, 0.15) is 67.0 Å². The Morgan fingerprint density at radius 2 is 2.08 bits per heavy atom. The summed E-state index contributed by atoms with van der Waals surface area (Å²) < 4.78 is 5.33. The van der Waals surface area contributed by atoms with Crippen molar-refractivity contribution in [3.8, 4) is 0 Å². The number of hydrogen-bond acceptors (Lipinski definition) is 5. The van der Waals surface area contributed by atoms with E-state index in [1.807, 2.05) is 20.8 Å². The zero-order chi connectivity index (χ0) is 17.7. The number of hydrogen-bond donors (Lipinski definition) is 1. The van der Waals surface area contributed by atoms with Crippen molar-refractivity contribution < 1.29 is 9.32 Å². The number of thiophene rings is 1. The van der Waals surface area contributed by atoms with Crippen LogP contribution in [-0.2, 0) is 0 Å². The number of amides is 1. The Kier molecular flexibility index (Phi) is 6.57. The van der Waals surface area contributed by atoms with Crippen LogP contribution in [0.25, 0.3) is 0 Å². The normalized spacial score (nSPS) is 12.8. The van der Waals surface area contributed by atoms with Gasteiger partial charge in [0.2, 0.25) is 0 Å². The van der Waals surface area contributed by atoms with Gasteiger partial charge in [-0.3, -0.25) is 9.69 Å². The highest BCUT2D eigenvalue weighted by Gasteiger charge is 2.24. The molecule has 0 bridgehead atoms. The topological polar surface area (TPSA) is 58.4 Å². The molecule has 0 fully saturated rings. The molecule has 2 rings (SSSR count). The number of carbonyl (C=O) groups is 1. The summed E-state index contributed by atoms with van der Waals surface area (Å²) in [6.45, 7) is 12.6. The number of aromatic nitrogens is 1. The van der Waals surface area contributed by atoms with Gasteiger partial charge in [0.25, 0.3) is 5.91 Å². The highest BCUT2D eigenvalue weighted by molar-refractivity contribution is 7.07. The first-order chi connectivity index (χ1) is 11.5. The lowest BCUT2D eigenvalue weighted by atomic mass is 10.0. The molecule has 132 valence electrons. The van der Waals surface area contributed by atoms with E-state index in [2.05, 4.69) is 46.0 Å². The van der Waals surface area contributed by atoms with E-state index in [0.717, 1.165) is 13.1 Å². The Labute approximate surface area is 148 Å². The quantitative estimate of drug-likeness (QED) is 0.783. The summed E-state index contributed by atoms with van der Waals surface area (Å²) in [6.07, 6.45) is 0. The van der Waals surface area contributed by atoms with Gasteiger partial charge in [0.15, 0.2) is 5.76 Å². The summed E-state index contributed by atoms with van der Waals surface area (Å²) in [5.41, 5.74) is 2.47. The second kappa shape index (κ2) is 8.44. The maximum absolute atomic E-state index is 12.7. The molecule has 1 N–H and O–H groups in total. The molecule has 1 amide bonds. The second-order valence-corrected chi connectivity index (χ2v) is 6.95. The number of rotatable bonds is 8. The molecular weight excluding hydrogens is 322 g/mol. The summed E-state index contributed by atoms with van der Waals surface area (Å²) >= 11 is 1.68. The highest BCUT2D eigenvalue weighted by Crippen LogP contribution is 2.24. The average Bonchev–Trinajstić information content (AvgIpc) is 3.20. The van der Waals surface area contributed by atoms with Crippen molar-refractivity contribution in [2.24, 2.45) is 0 Å². The highest BCUT2D eigenvalue weighted by atomic mass is 32.1. The van der Waals surface area contributed by atoms with Gasteiger partial charge in [0.05, 0.1) is 11.7 Å². The Morgan fingerprint density at radius 1 is 1.38 bits per heavy atom. The Morgan fingerprint density at radius 3 is 2.62 bits per heavy atom. The Hall–Kier alpha value is -1.66. The maximum atomic E-state index is 12.7. The van der Waals surface area contributed by atoms with Crippen LogP contribution in [0.4, 0.5) is 0 Å². The minimum absolute atomic E-state index is 0.107. The van der Waals surface area contributed by atoms with Crippen molar-refractivity contribution in [3.63, 3.8) is 0 Å². The predicted molar refractivity (Wildman–Crippen MR) is 97.6 cm³/mol. The lowest BCUT2D eigenvalue weighted by molar-refractivity contribution is 0.0932. The molecule has 24 heavy (non-hydrogen) atoms. The van der Waals surface area contributed by atoms with E-state index >= 15 is 0 Å². The van der Waals surface area contributed by atoms with Crippen molar-refractivity contribution in [2.45, 2.75) is 46.6 Å². The van der Waals surface area contributed by atoms with Crippen LogP contribution in [-0.4, -0.2) is 35.6 Å². The van der Waals surface area contributed by atoms with Gasteiger partial charge >= 0.3 is 0 Å². The van der Waals surface area contributed by atoms with E-state index in [0.29, 0.717) is 23.6 Å². The van der Waals surface area contributed by atoms with E-state index in [4.69, 9.17) is 4.52 Å². The van der Waals surface area contributed by atoms with Crippen LogP contribution in [0.15, 0.2) is 21.3 Å². The number of likely N-dealkylation sites (N-methyl/N-ethyl adjacent to an activating group) is 1. The van der Waals surface area contributed by atoms with Gasteiger partial charge in [0.1, 0.15) is 5.56 Å². The molecule has 2 heterocycles. The van der Waals surface area contributed by atoms with E-state index < -0.39 is 0 Å². The monoisotopic (exact) mass is 349 g/mol. The third-order valence-corrected chi connectivity index (χ3v) is 4.98. The molecule has 0 radical (unpaired) electrons. The van der Waals surface area contributed by atoms with Gasteiger partial charge in [-0.25, -0.2) is 0 Å². The summed E-state index contributed by atoms with van der Waals surface area (Å²) in [5.74, 6) is 0.673. The predicted octanol–water partition coefficient (Wildman–Crippen LogP) is 3.98. The Balaban J connectivity index is 2.15. The first-order valence-corrected chi connectivity index (χ1v) is 9.44. The van der Waals surface area contributed by atoms with Crippen molar-refractivity contribution in [1.29, 1.82) is 0 Å². The average molecular weight is 350 g/mol. The van der Waals surface area contributed by atoms with Gasteiger partial charge in [0, 0.05) is 12.5 Å². The van der Waals surface area contributed by atoms with Gasteiger partial charge in [-0.1, -0.05) is 32.9 Å². The minimum Gasteiger partial charge on any atom is -0.360 e. The van der Waals surface area contributed by atoms with Crippen LogP contribution >= 0.6 is 11.3 Å². The van der Waals surface area contributed by atoms with Crippen LogP contribution in [0.3, 0.4) is 0 Å². The third kappa shape index (κ3) is 4.05. The van der Waals surface area contributed by atoms with Crippen molar-refractivity contribution in [3.05, 3.63) is 39.4 Å². The summed E-state index contributed by atoms with van der Waals surface area (Å²) in [4.78, 5) is 15.1. The largest absolute Gasteiger partial charge is 0.360 e. The molecule has 0 saturated carbocycles. The van der Waals surface area contributed by atoms with Crippen LogP contribution in [0.2, 0.25) is 0 Å². The van der Waals surface area contributed by atoms with Gasteiger partial charge < -0.3 is 9.84 Å². The lowest BCUT2D eigenvalue weighted by Crippen LogP contribution is -2.38. The maximum Gasteiger partial charge on any atom is 0.256 e. The molecule has 0 spiro atoms. The van der Waals surface area contributed by atoms with Crippen LogP contribution in [0, 0.1) is 6.92 Å². The van der Waals surface area contributed by atoms with Gasteiger partial charge in [-0.05, 0) is 42.4 Å². The molecule has 0 saturated heterocycles. The molecule has 0 unspecified atom stereocenters. The zero-order valence-corrected chi connectivity index (χ0v) is 15.9. The standard InChI is InChI=1S/C18H27N3O2S/c1-6-21(7-2)15(14-8-9-24-11-14)10-19-18(22)16-13(5)20-23-17(16)12(3)4/h8-9,11-12,15H,6-7,10H2,1-5H3,(H,19,22)/t15-/m1/s1. The molecule has 0 aliphatic rings. The second-order valence-electron chi connectivity index (χ2n) is 6.17. The fourth-order valence-corrected chi connectivity index (χ4v) is 3.63. The first kappa shape index (κ1) is 18.7. The summed E-state index contributed by atoms with van der Waals surface area (Å²) in [6, 6.07) is 2.31. The third-order valence-electron chi connectivity index (χ3n) is 4.28. The van der Waals surface area contributed by atoms with E-state index in [1.54, 1.807) is 11.3 Å². The van der Waals surface area contributed by atoms with Crippen LogP contribution < -0.4 is 5.32 Å². The van der Waals surface area contributed by atoms with Gasteiger partial charge in [-0.2, -0.15) is 11.3 Å². The van der Waals surface area contributed by atoms with Crippen molar-refractivity contribution >= 4 is 17.2 Å². The van der Waals surface area contributed by atoms with Crippen molar-refractivity contribution in [1.82, 2.24) is 15.4 Å². The zero-order valence-electron chi connectivity index (χ0n) is 15.1. The SMILES string of the molecule is CCN(CC)[C@H](CNC(=O)c1c(C)noc1C(C)C)c1ccsc1. The fraction of sp³-hybridized carbons (Fsp3) is 0.556. The molecule has 0 aromatic carbocycles. The molecular formula is C18H27N3O2S. The minimum atomic E-state index is -0.107. The number of nitrogens with zero attached hydrogens (tertiary/aromatic N) is 2. The molecule has 0 aliphatic carbocycles. The molecule has 2 aromatic heterocycles. The van der Waals surface area contributed by atoms with E-state index in [-0.39, 0.29) is 17.9 Å². The van der Waals surface area contributed by atoms with Crippen molar-refractivity contribution in [2.75, 3.05) is 19.6 Å². The first-order valence-electron chi connectivity index (χ1n) is 8.50. The number of aryl methyl sites for hydroxylation is 1. The lowest BCUT2D eigenvalue weighted by Gasteiger charge is -2.29. The molecule has 2 aromatic rings. The molecule has 6 heteroatoms. The van der Waals surface area contributed by atoms with E-state index in [9.17, 15) is 4.79 Å². The van der Waals surface area contributed by atoms with E-state index in [1.165, 1.54) is 5.56 Å². The summed E-state index contributed by atoms with van der Waals surface area (Å²) in [7, 11) is 0. The fourth-order valence-electron chi connectivity index (χ4n) is 2.92. The van der Waals surface area contributed by atoms with Crippen LogP contribution in [0.5, 0.6) is 0 Å². The molecule has 1 atom stereocenters. The molecule has 5 nitrogen and oxygen atoms in total. The number of carbonyl (C=O) groups excluding carboxylic acids is 1. The summed E-state index contributed by atoms with van der Waals surface area (Å²) in [5, 5.41) is 11.3. The molecule has 0 aliphatic heterocycles. The Bertz CT molecular complexity index is 645. The smallest absolute Gasteiger partial charge is 0.256 e.